The highest BCUT2D eigenvalue weighted by molar-refractivity contribution is 7.80. The molecule has 0 unspecified atom stereocenters. The molecule has 0 aliphatic carbocycles. The minimum atomic E-state index is -1.96. The molecule has 0 aliphatic rings. The fourth-order valence-electron chi connectivity index (χ4n) is 13.5. The van der Waals surface area contributed by atoms with E-state index in [9.17, 15) is 106 Å². The molecule has 0 radical (unpaired) electrons. The maximum absolute atomic E-state index is 14.6. The van der Waals surface area contributed by atoms with E-state index in [0.717, 1.165) is 6.92 Å². The first kappa shape index (κ1) is 121. The van der Waals surface area contributed by atoms with Gasteiger partial charge in [-0.05, 0) is 138 Å². The molecule has 0 spiro atoms. The third-order valence-corrected chi connectivity index (χ3v) is 21.4. The number of aliphatic hydroxyl groups is 2. The molecule has 0 aromatic heterocycles. The summed E-state index contributed by atoms with van der Waals surface area (Å²) in [6.07, 6.45) is -3.48. The summed E-state index contributed by atoms with van der Waals surface area (Å²) >= 11 is 4.32. The summed E-state index contributed by atoms with van der Waals surface area (Å²) in [6, 6.07) is -14.4. The number of hydrogen-bond acceptors (Lipinski definition) is 26. The Kier molecular flexibility index (Phi) is 57.3. The molecule has 17 amide bonds. The average Bonchev–Trinajstić information content (AvgIpc) is 0.849. The third-order valence-electron chi connectivity index (χ3n) is 21.0. The van der Waals surface area contributed by atoms with Gasteiger partial charge in [-0.1, -0.05) is 120 Å². The number of benzene rings is 1. The quantitative estimate of drug-likeness (QED) is 0.0125. The lowest BCUT2D eigenvalue weighted by Crippen LogP contribution is -2.62. The first-order chi connectivity index (χ1) is 63.3. The summed E-state index contributed by atoms with van der Waals surface area (Å²) in [6.45, 7) is 19.0. The fourth-order valence-corrected chi connectivity index (χ4v) is 13.8. The second-order valence-electron chi connectivity index (χ2n) is 35.3. The standard InChI is InChI=1S/C86H149N25O23S/c1-14-48(12)68(110-79(129)59(37-46(8)9)103-70(120)51(88)27-29-63(89)114)83(133)106-58(36-45(6)7)77(127)107-61(41-112)80(130)105-57(35-44(4)5)76(126)104-56(34-43(2)3)75(125)99-52(25-20-32-94-85(90)91)71(121)96-39-64(115)98-60(38-50-22-16-15-17-23-50)78(128)108-62(42-135)81(131)101-53(24-18-19-31-87)74(124)111-69(49(13)113)84(134)102-55(28-30-65(116)117)72(122)100-54(26-21-33-95-86(92)93)73(123)109-67(47(10)11)82(132)97-40-66(118)119/h15-17,22-23,43-49,51-62,67-69,112-113,135H,14,18-21,24-42,87-88H2,1-13H3,(H2,89,114)(H,96,121)(H,97,132)(H,98,115)(H,99,125)(H,100,122)(H,101,131)(H,102,134)(H,103,120)(H,104,126)(H,105,130)(H,106,133)(H,107,127)(H,108,128)(H,109,123)(H,110,129)(H,111,124)(H,116,117)(H,118,119)(H4,90,91,94)(H4,92,93,95)/t48-,49+,51-,52-,53-,54-,55-,56-,57-,58-,59-,60-,61-,62-,67-,68-,69-/m0/s1. The maximum Gasteiger partial charge on any atom is 0.322 e. The van der Waals surface area contributed by atoms with Crippen molar-refractivity contribution in [3.63, 3.8) is 0 Å². The Labute approximate surface area is 792 Å². The van der Waals surface area contributed by atoms with Crippen molar-refractivity contribution in [3.05, 3.63) is 35.9 Å². The molecule has 0 bridgehead atoms. The van der Waals surface area contributed by atoms with Crippen LogP contribution in [-0.2, 0) is 97.5 Å². The molecule has 0 fully saturated rings. The lowest BCUT2D eigenvalue weighted by Gasteiger charge is -2.30. The second-order valence-corrected chi connectivity index (χ2v) is 35.6. The van der Waals surface area contributed by atoms with Gasteiger partial charge in [0.25, 0.3) is 0 Å². The topological polar surface area (TPSA) is 800 Å². The normalized spacial score (nSPS) is 15.0. The number of carbonyl (C=O) groups is 19. The van der Waals surface area contributed by atoms with E-state index in [2.05, 4.69) is 108 Å². The van der Waals surface area contributed by atoms with Crippen LogP contribution in [0.2, 0.25) is 0 Å². The van der Waals surface area contributed by atoms with E-state index in [1.807, 2.05) is 0 Å². The molecule has 762 valence electrons. The van der Waals surface area contributed by atoms with E-state index in [0.29, 0.717) is 12.0 Å². The number of guanidine groups is 2. The number of nitrogens with two attached hydrogens (primary N) is 5. The van der Waals surface area contributed by atoms with Crippen LogP contribution in [0.5, 0.6) is 0 Å². The van der Waals surface area contributed by atoms with Gasteiger partial charge in [-0.25, -0.2) is 0 Å². The van der Waals surface area contributed by atoms with Crippen LogP contribution in [-0.4, -0.2) is 287 Å². The predicted molar refractivity (Wildman–Crippen MR) is 500 cm³/mol. The Bertz CT molecular complexity index is 4090. The first-order valence-corrected chi connectivity index (χ1v) is 46.0. The molecule has 17 atom stereocenters. The highest BCUT2D eigenvalue weighted by Crippen LogP contribution is 2.18. The molecule has 1 rings (SSSR count). The Balaban J connectivity index is 3.66. The summed E-state index contributed by atoms with van der Waals surface area (Å²) < 4.78 is 0. The monoisotopic (exact) mass is 1930 g/mol. The number of primary amides is 1. The van der Waals surface area contributed by atoms with Crippen molar-refractivity contribution in [3.8, 4) is 0 Å². The van der Waals surface area contributed by atoms with E-state index in [-0.39, 0.29) is 133 Å². The molecule has 34 N–H and O–H groups in total. The molecule has 0 saturated heterocycles. The van der Waals surface area contributed by atoms with E-state index in [1.165, 1.54) is 13.8 Å². The first-order valence-electron chi connectivity index (χ1n) is 45.4. The number of hydrogen-bond donors (Lipinski definition) is 30. The largest absolute Gasteiger partial charge is 0.481 e. The van der Waals surface area contributed by atoms with Crippen LogP contribution < -0.4 is 124 Å². The molecular formula is C86H149N25O23S. The van der Waals surface area contributed by atoms with Gasteiger partial charge < -0.3 is 145 Å². The van der Waals surface area contributed by atoms with Crippen LogP contribution in [0.4, 0.5) is 0 Å². The molecular weight excluding hydrogens is 1780 g/mol. The van der Waals surface area contributed by atoms with Gasteiger partial charge in [0.2, 0.25) is 100 Å². The number of carbonyl (C=O) groups excluding carboxylic acids is 17. The minimum Gasteiger partial charge on any atom is -0.481 e. The third kappa shape index (κ3) is 49.1. The van der Waals surface area contributed by atoms with E-state index in [1.54, 1.807) is 99.6 Å². The average molecular weight is 1930 g/mol. The second kappa shape index (κ2) is 63.9. The molecule has 135 heavy (non-hydrogen) atoms. The van der Waals surface area contributed by atoms with Crippen molar-refractivity contribution in [1.29, 1.82) is 10.8 Å². The number of aliphatic hydroxyl groups excluding tert-OH is 2. The van der Waals surface area contributed by atoms with Crippen molar-refractivity contribution >= 4 is 137 Å². The predicted octanol–water partition coefficient (Wildman–Crippen LogP) is -6.36. The summed E-state index contributed by atoms with van der Waals surface area (Å²) in [7, 11) is 0. The van der Waals surface area contributed by atoms with Crippen molar-refractivity contribution in [2.75, 3.05) is 45.1 Å². The van der Waals surface area contributed by atoms with Gasteiger partial charge in [0, 0.05) is 38.1 Å². The van der Waals surface area contributed by atoms with Crippen LogP contribution in [0.15, 0.2) is 30.3 Å². The lowest BCUT2D eigenvalue weighted by atomic mass is 9.95. The number of carboxylic acid groups (broad SMARTS) is 2. The molecule has 49 heteroatoms. The van der Waals surface area contributed by atoms with Crippen molar-refractivity contribution in [2.24, 2.45) is 64.2 Å². The van der Waals surface area contributed by atoms with Crippen LogP contribution in [0, 0.1) is 46.3 Å². The zero-order valence-electron chi connectivity index (χ0n) is 79.4. The van der Waals surface area contributed by atoms with Gasteiger partial charge in [-0.15, -0.1) is 0 Å². The maximum atomic E-state index is 14.6. The molecule has 1 aromatic carbocycles. The summed E-state index contributed by atoms with van der Waals surface area (Å²) in [4.78, 5) is 261. The number of aliphatic carboxylic acids is 2. The highest BCUT2D eigenvalue weighted by Gasteiger charge is 2.41. The van der Waals surface area contributed by atoms with Gasteiger partial charge in [0.05, 0.1) is 25.3 Å². The van der Waals surface area contributed by atoms with Gasteiger partial charge in [-0.2, -0.15) is 12.6 Å². The van der Waals surface area contributed by atoms with Gasteiger partial charge >= 0.3 is 11.9 Å². The van der Waals surface area contributed by atoms with Crippen molar-refractivity contribution < 1.29 is 112 Å². The summed E-state index contributed by atoms with van der Waals surface area (Å²) in [5, 5.41) is 101. The van der Waals surface area contributed by atoms with Crippen molar-refractivity contribution in [1.82, 2.24) is 95.7 Å². The van der Waals surface area contributed by atoms with Crippen LogP contribution in [0.1, 0.15) is 198 Å². The van der Waals surface area contributed by atoms with Crippen molar-refractivity contribution in [2.45, 2.75) is 296 Å². The molecule has 48 nitrogen and oxygen atoms in total. The number of amides is 17. The van der Waals surface area contributed by atoms with E-state index in [4.69, 9.17) is 44.6 Å². The molecule has 0 aliphatic heterocycles. The molecule has 0 saturated carbocycles. The minimum absolute atomic E-state index is 0.00266. The smallest absolute Gasteiger partial charge is 0.322 e. The van der Waals surface area contributed by atoms with E-state index >= 15 is 0 Å². The number of carboxylic acids is 2. The van der Waals surface area contributed by atoms with Gasteiger partial charge in [-0.3, -0.25) is 102 Å². The number of nitrogens with one attached hydrogen (secondary N) is 20. The Hall–Kier alpha value is -12.1. The van der Waals surface area contributed by atoms with Crippen LogP contribution in [0.3, 0.4) is 0 Å². The lowest BCUT2D eigenvalue weighted by molar-refractivity contribution is -0.140. The summed E-state index contributed by atoms with van der Waals surface area (Å²) in [5.41, 5.74) is 28.5. The number of thiol groups is 1. The Morgan fingerprint density at radius 1 is 0.378 bits per heavy atom. The summed E-state index contributed by atoms with van der Waals surface area (Å²) in [5.74, 6) is -22.6. The van der Waals surface area contributed by atoms with Crippen LogP contribution >= 0.6 is 12.6 Å². The van der Waals surface area contributed by atoms with Gasteiger partial charge in [0.1, 0.15) is 91.1 Å². The fraction of sp³-hybridized carbons (Fsp3) is 0.686. The SMILES string of the molecule is CC[C@H](C)[C@H](NC(=O)[C@H](CC(C)C)NC(=O)[C@@H](N)CCC(N)=O)C(=O)N[C@@H](CC(C)C)C(=O)N[C@@H](CO)C(=O)N[C@@H](CC(C)C)C(=O)N[C@@H](CC(C)C)C(=O)N[C@@H](CCCNC(=N)N)C(=O)NCC(=O)N[C@@H](Cc1ccccc1)C(=O)N[C@@H](CS)C(=O)N[C@@H](CCCCN)C(=O)N[C@H](C(=O)N[C@@H](CCC(=O)O)C(=O)N[C@@H](CCCNC(=N)N)C(=O)N[C@H](C(=O)NCC(=O)O)C(C)C)[C@@H](C)O. The number of rotatable bonds is 67. The number of unbranched alkanes of at least 4 members (excludes halogenated alkanes) is 1. The molecule has 1 aromatic rings. The Morgan fingerprint density at radius 2 is 0.741 bits per heavy atom. The Morgan fingerprint density at radius 3 is 1.16 bits per heavy atom. The van der Waals surface area contributed by atoms with Gasteiger partial charge in [0.15, 0.2) is 11.9 Å². The van der Waals surface area contributed by atoms with E-state index < -0.39 is 271 Å². The highest BCUT2D eigenvalue weighted by atomic mass is 32.1. The van der Waals surface area contributed by atoms with Crippen LogP contribution in [0.25, 0.3) is 0 Å². The molecule has 0 heterocycles. The zero-order valence-corrected chi connectivity index (χ0v) is 80.3. The zero-order chi connectivity index (χ0) is 103.